The highest BCUT2D eigenvalue weighted by atomic mass is 35.5. The molecule has 1 N–H and O–H groups in total. The van der Waals surface area contributed by atoms with Gasteiger partial charge in [-0.2, -0.15) is 11.8 Å². The normalized spacial score (nSPS) is 10.7. The number of rotatable bonds is 9. The van der Waals surface area contributed by atoms with Gasteiger partial charge in [-0.1, -0.05) is 17.7 Å². The smallest absolute Gasteiger partial charge is 0.230 e. The molecular formula is C16H17ClFNO2S2. The highest BCUT2D eigenvalue weighted by Crippen LogP contribution is 2.19. The van der Waals surface area contributed by atoms with Crippen molar-refractivity contribution < 1.29 is 13.6 Å². The number of hydrogen-bond donors (Lipinski definition) is 1. The van der Waals surface area contributed by atoms with Crippen molar-refractivity contribution >= 4 is 41.0 Å². The molecule has 2 rings (SSSR count). The van der Waals surface area contributed by atoms with Crippen LogP contribution in [0.2, 0.25) is 5.02 Å². The van der Waals surface area contributed by atoms with Gasteiger partial charge in [0.25, 0.3) is 0 Å². The number of nitrogens with one attached hydrogen (secondary N) is 1. The molecule has 0 unspecified atom stereocenters. The molecule has 7 heteroatoms. The van der Waals surface area contributed by atoms with E-state index in [4.69, 9.17) is 16.0 Å². The first kappa shape index (κ1) is 18.2. The lowest BCUT2D eigenvalue weighted by Crippen LogP contribution is -2.27. The molecule has 0 radical (unpaired) electrons. The van der Waals surface area contributed by atoms with Crippen LogP contribution in [0.4, 0.5) is 4.39 Å². The van der Waals surface area contributed by atoms with E-state index >= 15 is 0 Å². The van der Waals surface area contributed by atoms with Crippen LogP contribution in [-0.4, -0.2) is 24.0 Å². The second kappa shape index (κ2) is 9.90. The number of amides is 1. The van der Waals surface area contributed by atoms with Crippen molar-refractivity contribution in [2.24, 2.45) is 0 Å². The molecule has 0 aliphatic rings. The zero-order chi connectivity index (χ0) is 16.5. The number of furan rings is 1. The van der Waals surface area contributed by atoms with Gasteiger partial charge in [-0.25, -0.2) is 4.39 Å². The fourth-order valence-electron chi connectivity index (χ4n) is 1.77. The molecule has 1 amide bonds. The fraction of sp³-hybridized carbons (Fsp3) is 0.312. The first-order chi connectivity index (χ1) is 11.1. The molecule has 0 fully saturated rings. The van der Waals surface area contributed by atoms with E-state index in [1.807, 2.05) is 12.1 Å². The van der Waals surface area contributed by atoms with E-state index in [-0.39, 0.29) is 11.7 Å². The molecule has 124 valence electrons. The molecule has 1 heterocycles. The van der Waals surface area contributed by atoms with Gasteiger partial charge < -0.3 is 9.73 Å². The van der Waals surface area contributed by atoms with E-state index in [0.29, 0.717) is 28.6 Å². The van der Waals surface area contributed by atoms with Gasteiger partial charge in [-0.05, 0) is 29.8 Å². The Morgan fingerprint density at radius 2 is 2.13 bits per heavy atom. The summed E-state index contributed by atoms with van der Waals surface area (Å²) in [5, 5.41) is 3.22. The van der Waals surface area contributed by atoms with Crippen molar-refractivity contribution in [2.75, 3.05) is 18.1 Å². The van der Waals surface area contributed by atoms with E-state index in [1.54, 1.807) is 30.2 Å². The van der Waals surface area contributed by atoms with Crippen molar-refractivity contribution in [3.63, 3.8) is 0 Å². The number of halogens is 2. The third-order valence-corrected chi connectivity index (χ3v) is 5.10. The summed E-state index contributed by atoms with van der Waals surface area (Å²) in [5.74, 6) is 2.94. The largest absolute Gasteiger partial charge is 0.468 e. The summed E-state index contributed by atoms with van der Waals surface area (Å²) in [4.78, 5) is 11.7. The van der Waals surface area contributed by atoms with Gasteiger partial charge in [0.05, 0.1) is 17.8 Å². The van der Waals surface area contributed by atoms with Gasteiger partial charge in [-0.3, -0.25) is 4.79 Å². The molecule has 1 aromatic heterocycles. The first-order valence-corrected chi connectivity index (χ1v) is 9.72. The summed E-state index contributed by atoms with van der Waals surface area (Å²) in [5.41, 5.74) is 0.557. The van der Waals surface area contributed by atoms with Crippen LogP contribution in [-0.2, 0) is 16.3 Å². The minimum Gasteiger partial charge on any atom is -0.468 e. The number of benzene rings is 1. The predicted molar refractivity (Wildman–Crippen MR) is 95.5 cm³/mol. The van der Waals surface area contributed by atoms with Crippen molar-refractivity contribution in [3.8, 4) is 0 Å². The van der Waals surface area contributed by atoms with E-state index in [9.17, 15) is 9.18 Å². The van der Waals surface area contributed by atoms with E-state index in [0.717, 1.165) is 17.3 Å². The van der Waals surface area contributed by atoms with Gasteiger partial charge >= 0.3 is 0 Å². The summed E-state index contributed by atoms with van der Waals surface area (Å²) in [6.07, 6.45) is 1.65. The number of carbonyl (C=O) groups excluding carboxylic acids is 1. The lowest BCUT2D eigenvalue weighted by Gasteiger charge is -2.06. The molecule has 2 aromatic rings. The number of hydrogen-bond acceptors (Lipinski definition) is 4. The third kappa shape index (κ3) is 6.89. The molecule has 0 atom stereocenters. The average Bonchev–Trinajstić information content (AvgIpc) is 3.02. The Kier molecular flexibility index (Phi) is 7.85. The third-order valence-electron chi connectivity index (χ3n) is 2.90. The topological polar surface area (TPSA) is 42.2 Å². The summed E-state index contributed by atoms with van der Waals surface area (Å²) in [6.45, 7) is 0.611. The maximum atomic E-state index is 13.6. The molecule has 0 aliphatic carbocycles. The molecule has 0 aliphatic heterocycles. The highest BCUT2D eigenvalue weighted by molar-refractivity contribution is 7.99. The van der Waals surface area contributed by atoms with Crippen molar-refractivity contribution in [1.82, 2.24) is 5.32 Å². The standard InChI is InChI=1S/C16H17ClFNO2S2/c17-13-4-3-12(15(18)8-13)9-23-11-16(20)19-5-7-22-10-14-2-1-6-21-14/h1-4,6,8H,5,7,9-11H2,(H,19,20). The Balaban J connectivity index is 1.54. The Morgan fingerprint density at radius 3 is 2.87 bits per heavy atom. The van der Waals surface area contributed by atoms with Crippen molar-refractivity contribution in [2.45, 2.75) is 11.5 Å². The van der Waals surface area contributed by atoms with Crippen LogP contribution in [0.25, 0.3) is 0 Å². The molecule has 0 spiro atoms. The minimum absolute atomic E-state index is 0.0389. The number of thioether (sulfide) groups is 2. The Morgan fingerprint density at radius 1 is 1.26 bits per heavy atom. The van der Waals surface area contributed by atoms with E-state index in [1.165, 1.54) is 17.8 Å². The second-order valence-corrected chi connectivity index (χ2v) is 7.24. The minimum atomic E-state index is -0.334. The molecule has 3 nitrogen and oxygen atoms in total. The summed E-state index contributed by atoms with van der Waals surface area (Å²) in [7, 11) is 0. The number of carbonyl (C=O) groups is 1. The molecule has 0 saturated carbocycles. The first-order valence-electron chi connectivity index (χ1n) is 7.03. The van der Waals surface area contributed by atoms with Gasteiger partial charge in [0.2, 0.25) is 5.91 Å². The SMILES string of the molecule is O=C(CSCc1ccc(Cl)cc1F)NCCSCc1ccco1. The van der Waals surface area contributed by atoms with Crippen LogP contribution in [0.5, 0.6) is 0 Å². The second-order valence-electron chi connectivity index (χ2n) is 4.71. The van der Waals surface area contributed by atoms with Gasteiger partial charge in [-0.15, -0.1) is 11.8 Å². The summed E-state index contributed by atoms with van der Waals surface area (Å²) >= 11 is 8.78. The quantitative estimate of drug-likeness (QED) is 0.663. The van der Waals surface area contributed by atoms with E-state index < -0.39 is 0 Å². The molecule has 23 heavy (non-hydrogen) atoms. The molecular weight excluding hydrogens is 357 g/mol. The van der Waals surface area contributed by atoms with Crippen LogP contribution < -0.4 is 5.32 Å². The van der Waals surface area contributed by atoms with Gasteiger partial charge in [0.15, 0.2) is 0 Å². The highest BCUT2D eigenvalue weighted by Gasteiger charge is 2.06. The van der Waals surface area contributed by atoms with Crippen LogP contribution >= 0.6 is 35.1 Å². The maximum Gasteiger partial charge on any atom is 0.230 e. The van der Waals surface area contributed by atoms with Gasteiger partial charge in [0.1, 0.15) is 11.6 Å². The Bertz CT molecular complexity index is 623. The Hall–Kier alpha value is -1.11. The van der Waals surface area contributed by atoms with Crippen LogP contribution in [0.15, 0.2) is 41.0 Å². The molecule has 0 bridgehead atoms. The maximum absolute atomic E-state index is 13.6. The zero-order valence-electron chi connectivity index (χ0n) is 12.4. The Labute approximate surface area is 148 Å². The summed E-state index contributed by atoms with van der Waals surface area (Å²) < 4.78 is 18.8. The monoisotopic (exact) mass is 373 g/mol. The van der Waals surface area contributed by atoms with Crippen molar-refractivity contribution in [1.29, 1.82) is 0 Å². The predicted octanol–water partition coefficient (Wildman–Crippen LogP) is 4.35. The van der Waals surface area contributed by atoms with E-state index in [2.05, 4.69) is 5.32 Å². The molecule has 0 saturated heterocycles. The van der Waals surface area contributed by atoms with Crippen LogP contribution in [0, 0.1) is 5.82 Å². The van der Waals surface area contributed by atoms with Crippen LogP contribution in [0.1, 0.15) is 11.3 Å². The average molecular weight is 374 g/mol. The molecule has 1 aromatic carbocycles. The van der Waals surface area contributed by atoms with Crippen molar-refractivity contribution in [3.05, 3.63) is 58.8 Å². The van der Waals surface area contributed by atoms with Crippen LogP contribution in [0.3, 0.4) is 0 Å². The lowest BCUT2D eigenvalue weighted by molar-refractivity contribution is -0.118. The summed E-state index contributed by atoms with van der Waals surface area (Å²) in [6, 6.07) is 8.37. The van der Waals surface area contributed by atoms with Gasteiger partial charge in [0, 0.05) is 23.1 Å². The lowest BCUT2D eigenvalue weighted by atomic mass is 10.2. The fourth-order valence-corrected chi connectivity index (χ4v) is 3.53. The zero-order valence-corrected chi connectivity index (χ0v) is 14.8.